The number of ether oxygens (including phenoxy) is 1. The molecule has 1 fully saturated rings. The fraction of sp³-hybridized carbons (Fsp3) is 0.364. The Morgan fingerprint density at radius 3 is 3.03 bits per heavy atom. The summed E-state index contributed by atoms with van der Waals surface area (Å²) in [7, 11) is 1.96. The number of nitrogens with zero attached hydrogens (tertiary/aromatic N) is 4. The van der Waals surface area contributed by atoms with Crippen LogP contribution in [0.5, 0.6) is 0 Å². The van der Waals surface area contributed by atoms with Crippen molar-refractivity contribution < 1.29 is 9.53 Å². The molecule has 1 aliphatic heterocycles. The van der Waals surface area contributed by atoms with E-state index in [0.717, 1.165) is 44.1 Å². The maximum atomic E-state index is 12.7. The van der Waals surface area contributed by atoms with Crippen LogP contribution in [0.2, 0.25) is 0 Å². The van der Waals surface area contributed by atoms with Crippen LogP contribution in [0, 0.1) is 0 Å². The van der Waals surface area contributed by atoms with E-state index in [1.807, 2.05) is 43.7 Å². The average molecular weight is 437 g/mol. The molecule has 1 unspecified atom stereocenters. The van der Waals surface area contributed by atoms with Gasteiger partial charge in [-0.25, -0.2) is 15.0 Å². The lowest BCUT2D eigenvalue weighted by Gasteiger charge is -2.31. The second-order valence-corrected chi connectivity index (χ2v) is 9.26. The van der Waals surface area contributed by atoms with Gasteiger partial charge in [-0.2, -0.15) is 0 Å². The second kappa shape index (κ2) is 7.67. The number of thiazole rings is 1. The van der Waals surface area contributed by atoms with E-state index < -0.39 is 11.6 Å². The van der Waals surface area contributed by atoms with Crippen molar-refractivity contribution in [2.24, 2.45) is 7.05 Å². The van der Waals surface area contributed by atoms with Crippen molar-refractivity contribution in [3.63, 3.8) is 0 Å². The molecular weight excluding hydrogens is 412 g/mol. The van der Waals surface area contributed by atoms with Crippen LogP contribution in [0.3, 0.4) is 0 Å². The molecule has 1 aliphatic rings. The third-order valence-electron chi connectivity index (χ3n) is 5.59. The normalized spacial score (nSPS) is 17.3. The van der Waals surface area contributed by atoms with Crippen molar-refractivity contribution in [3.05, 3.63) is 42.4 Å². The molecule has 9 heteroatoms. The molecule has 3 aromatic heterocycles. The van der Waals surface area contributed by atoms with E-state index in [4.69, 9.17) is 9.72 Å². The maximum Gasteiger partial charge on any atom is 0.251 e. The number of nitrogens with one attached hydrogen (secondary N) is 2. The number of hydrogen-bond donors (Lipinski definition) is 2. The fourth-order valence-corrected chi connectivity index (χ4v) is 4.77. The van der Waals surface area contributed by atoms with Crippen molar-refractivity contribution in [2.75, 3.05) is 19.7 Å². The molecule has 0 saturated carbocycles. The zero-order valence-corrected chi connectivity index (χ0v) is 18.5. The van der Waals surface area contributed by atoms with E-state index in [1.54, 1.807) is 23.9 Å². The quantitative estimate of drug-likeness (QED) is 0.511. The standard InChI is InChI=1S/C22H24N6O2S/c1-22(2,27-19(29)16-11-23-7-8-30-16)14-6-4-5-13(9-14)20-26-17-18-15(25-12-28(18)3)10-24-21(17)31-20/h4-6,9-10,12,16,23H,7-8,11H2,1-3H3,(H,27,29). The van der Waals surface area contributed by atoms with Gasteiger partial charge in [0.15, 0.2) is 0 Å². The van der Waals surface area contributed by atoms with E-state index in [1.165, 1.54) is 0 Å². The van der Waals surface area contributed by atoms with Gasteiger partial charge in [0, 0.05) is 25.7 Å². The van der Waals surface area contributed by atoms with Gasteiger partial charge in [-0.1, -0.05) is 29.5 Å². The van der Waals surface area contributed by atoms with Crippen LogP contribution in [-0.2, 0) is 22.1 Å². The Balaban J connectivity index is 1.46. The van der Waals surface area contributed by atoms with Crippen LogP contribution < -0.4 is 10.6 Å². The zero-order valence-electron chi connectivity index (χ0n) is 17.7. The highest BCUT2D eigenvalue weighted by atomic mass is 32.1. The first kappa shape index (κ1) is 20.0. The molecule has 8 nitrogen and oxygen atoms in total. The van der Waals surface area contributed by atoms with Gasteiger partial charge in [0.05, 0.1) is 30.2 Å². The molecule has 160 valence electrons. The third-order valence-corrected chi connectivity index (χ3v) is 6.60. The zero-order chi connectivity index (χ0) is 21.6. The molecule has 0 spiro atoms. The van der Waals surface area contributed by atoms with Crippen LogP contribution in [0.4, 0.5) is 0 Å². The van der Waals surface area contributed by atoms with Crippen molar-refractivity contribution in [1.82, 2.24) is 30.2 Å². The second-order valence-electron chi connectivity index (χ2n) is 8.28. The minimum Gasteiger partial charge on any atom is -0.366 e. The van der Waals surface area contributed by atoms with Crippen LogP contribution in [-0.4, -0.2) is 51.2 Å². The Morgan fingerprint density at radius 2 is 2.23 bits per heavy atom. The molecule has 0 aliphatic carbocycles. The number of rotatable bonds is 4. The highest BCUT2D eigenvalue weighted by molar-refractivity contribution is 7.21. The van der Waals surface area contributed by atoms with Crippen LogP contribution >= 0.6 is 11.3 Å². The lowest BCUT2D eigenvalue weighted by molar-refractivity contribution is -0.136. The van der Waals surface area contributed by atoms with Gasteiger partial charge in [-0.3, -0.25) is 4.79 Å². The topological polar surface area (TPSA) is 94.0 Å². The highest BCUT2D eigenvalue weighted by Crippen LogP contribution is 2.34. The number of amides is 1. The summed E-state index contributed by atoms with van der Waals surface area (Å²) in [6.07, 6.45) is 3.10. The van der Waals surface area contributed by atoms with Gasteiger partial charge >= 0.3 is 0 Å². The molecule has 4 aromatic rings. The summed E-state index contributed by atoms with van der Waals surface area (Å²) in [5.74, 6) is -0.106. The molecule has 1 amide bonds. The first-order valence-electron chi connectivity index (χ1n) is 10.2. The SMILES string of the molecule is Cn1cnc2cnc3sc(-c4cccc(C(C)(C)NC(=O)C5CNCCO5)c4)nc3c21. The van der Waals surface area contributed by atoms with Gasteiger partial charge in [0.25, 0.3) is 5.91 Å². The molecule has 1 aromatic carbocycles. The van der Waals surface area contributed by atoms with Crippen LogP contribution in [0.25, 0.3) is 32.0 Å². The summed E-state index contributed by atoms with van der Waals surface area (Å²) < 4.78 is 7.56. The lowest BCUT2D eigenvalue weighted by Crippen LogP contribution is -2.52. The molecular formula is C22H24N6O2S. The first-order valence-corrected chi connectivity index (χ1v) is 11.1. The molecule has 1 saturated heterocycles. The summed E-state index contributed by atoms with van der Waals surface area (Å²) in [6.45, 7) is 5.85. The molecule has 0 radical (unpaired) electrons. The van der Waals surface area contributed by atoms with Gasteiger partial charge < -0.3 is 19.9 Å². The van der Waals surface area contributed by atoms with E-state index >= 15 is 0 Å². The van der Waals surface area contributed by atoms with E-state index in [2.05, 4.69) is 26.7 Å². The van der Waals surface area contributed by atoms with Crippen molar-refractivity contribution in [1.29, 1.82) is 0 Å². The Kier molecular flexibility index (Phi) is 4.96. The van der Waals surface area contributed by atoms with E-state index in [0.29, 0.717) is 13.2 Å². The Labute approximate surface area is 183 Å². The van der Waals surface area contributed by atoms with Crippen molar-refractivity contribution >= 4 is 38.6 Å². The van der Waals surface area contributed by atoms with Crippen molar-refractivity contribution in [3.8, 4) is 10.6 Å². The van der Waals surface area contributed by atoms with E-state index in [-0.39, 0.29) is 5.91 Å². The monoisotopic (exact) mass is 436 g/mol. The number of aryl methyl sites for hydroxylation is 1. The summed E-state index contributed by atoms with van der Waals surface area (Å²) in [6, 6.07) is 8.14. The van der Waals surface area contributed by atoms with Crippen LogP contribution in [0.1, 0.15) is 19.4 Å². The first-order chi connectivity index (χ1) is 14.9. The number of imidazole rings is 1. The van der Waals surface area contributed by atoms with Crippen LogP contribution in [0.15, 0.2) is 36.8 Å². The van der Waals surface area contributed by atoms with Gasteiger partial charge in [0.2, 0.25) is 0 Å². The number of hydrogen-bond acceptors (Lipinski definition) is 7. The minimum atomic E-state index is -0.557. The number of fused-ring (bicyclic) bond motifs is 3. The summed E-state index contributed by atoms with van der Waals surface area (Å²) in [5, 5.41) is 7.21. The molecule has 4 heterocycles. The number of benzene rings is 1. The molecule has 5 rings (SSSR count). The van der Waals surface area contributed by atoms with Gasteiger partial charge in [0.1, 0.15) is 27.0 Å². The molecule has 31 heavy (non-hydrogen) atoms. The summed E-state index contributed by atoms with van der Waals surface area (Å²) in [4.78, 5) is 27.4. The number of pyridine rings is 1. The fourth-order valence-electron chi connectivity index (χ4n) is 3.86. The Bertz CT molecular complexity index is 1270. The number of carbonyl (C=O) groups is 1. The average Bonchev–Trinajstić information content (AvgIpc) is 3.37. The molecule has 1 atom stereocenters. The molecule has 0 bridgehead atoms. The Morgan fingerprint density at radius 1 is 1.35 bits per heavy atom. The third kappa shape index (κ3) is 3.69. The predicted molar refractivity (Wildman–Crippen MR) is 121 cm³/mol. The highest BCUT2D eigenvalue weighted by Gasteiger charge is 2.29. The number of morpholine rings is 1. The van der Waals surface area contributed by atoms with E-state index in [9.17, 15) is 4.79 Å². The summed E-state index contributed by atoms with van der Waals surface area (Å²) in [5.41, 5.74) is 4.12. The largest absolute Gasteiger partial charge is 0.366 e. The Hall–Kier alpha value is -2.88. The van der Waals surface area contributed by atoms with Crippen molar-refractivity contribution in [2.45, 2.75) is 25.5 Å². The number of aromatic nitrogens is 4. The van der Waals surface area contributed by atoms with Gasteiger partial charge in [-0.15, -0.1) is 0 Å². The lowest BCUT2D eigenvalue weighted by atomic mass is 9.92. The molecule has 2 N–H and O–H groups in total. The van der Waals surface area contributed by atoms with Gasteiger partial charge in [-0.05, 0) is 25.5 Å². The minimum absolute atomic E-state index is 0.106. The smallest absolute Gasteiger partial charge is 0.251 e. The number of carbonyl (C=O) groups excluding carboxylic acids is 1. The summed E-state index contributed by atoms with van der Waals surface area (Å²) >= 11 is 1.55. The predicted octanol–water partition coefficient (Wildman–Crippen LogP) is 2.58. The maximum absolute atomic E-state index is 12.7.